The van der Waals surface area contributed by atoms with Gasteiger partial charge in [0.05, 0.1) is 30.9 Å². The second kappa shape index (κ2) is 5.06. The Bertz CT molecular complexity index is 417. The van der Waals surface area contributed by atoms with E-state index in [0.717, 1.165) is 0 Å². The summed E-state index contributed by atoms with van der Waals surface area (Å²) >= 11 is 3.02. The normalized spacial score (nSPS) is 12.2. The quantitative estimate of drug-likeness (QED) is 0.475. The summed E-state index contributed by atoms with van der Waals surface area (Å²) in [6.45, 7) is 1.90. The summed E-state index contributed by atoms with van der Waals surface area (Å²) in [5.41, 5.74) is 0. The second-order valence-electron chi connectivity index (χ2n) is 3.20. The molecule has 88 valence electrons. The van der Waals surface area contributed by atoms with Crippen molar-refractivity contribution in [3.05, 3.63) is 20.8 Å². The highest BCUT2D eigenvalue weighted by Crippen LogP contribution is 2.22. The van der Waals surface area contributed by atoms with E-state index < -0.39 is 10.8 Å². The van der Waals surface area contributed by atoms with Gasteiger partial charge in [-0.1, -0.05) is 6.92 Å². The van der Waals surface area contributed by atoms with Gasteiger partial charge >= 0.3 is 11.8 Å². The first-order valence-electron chi connectivity index (χ1n) is 4.41. The SMILES string of the molecule is COC(=O)C(C)Cn1cc(Br)c([N+](=O)[O-])n1. The van der Waals surface area contributed by atoms with E-state index in [-0.39, 0.29) is 22.8 Å². The lowest BCUT2D eigenvalue weighted by atomic mass is 10.2. The van der Waals surface area contributed by atoms with Gasteiger partial charge in [0.1, 0.15) is 4.47 Å². The maximum absolute atomic E-state index is 11.1. The van der Waals surface area contributed by atoms with E-state index in [0.29, 0.717) is 0 Å². The minimum absolute atomic E-state index is 0.235. The van der Waals surface area contributed by atoms with Crippen LogP contribution in [0.4, 0.5) is 5.82 Å². The van der Waals surface area contributed by atoms with Gasteiger partial charge < -0.3 is 14.9 Å². The molecular formula is C8H10BrN3O4. The lowest BCUT2D eigenvalue weighted by Crippen LogP contribution is -2.19. The minimum atomic E-state index is -0.594. The van der Waals surface area contributed by atoms with Crippen molar-refractivity contribution in [2.45, 2.75) is 13.5 Å². The average Bonchev–Trinajstić information content (AvgIpc) is 2.58. The molecule has 8 heteroatoms. The van der Waals surface area contributed by atoms with Gasteiger partial charge in [-0.25, -0.2) is 0 Å². The number of halogens is 1. The van der Waals surface area contributed by atoms with Crippen molar-refractivity contribution < 1.29 is 14.5 Å². The van der Waals surface area contributed by atoms with E-state index in [9.17, 15) is 14.9 Å². The highest BCUT2D eigenvalue weighted by atomic mass is 79.9. The summed E-state index contributed by atoms with van der Waals surface area (Å²) in [5.74, 6) is -1.05. The molecule has 1 atom stereocenters. The van der Waals surface area contributed by atoms with Crippen LogP contribution in [0.2, 0.25) is 0 Å². The third kappa shape index (κ3) is 2.78. The number of rotatable bonds is 4. The highest BCUT2D eigenvalue weighted by Gasteiger charge is 2.22. The Hall–Kier alpha value is -1.44. The van der Waals surface area contributed by atoms with Crippen LogP contribution in [0.5, 0.6) is 0 Å². The molecule has 1 unspecified atom stereocenters. The monoisotopic (exact) mass is 291 g/mol. The van der Waals surface area contributed by atoms with E-state index in [1.54, 1.807) is 6.92 Å². The van der Waals surface area contributed by atoms with Gasteiger partial charge in [0.25, 0.3) is 0 Å². The van der Waals surface area contributed by atoms with Gasteiger partial charge in [-0.2, -0.15) is 4.68 Å². The Morgan fingerprint density at radius 3 is 2.88 bits per heavy atom. The molecule has 1 aromatic heterocycles. The molecule has 0 fully saturated rings. The zero-order valence-corrected chi connectivity index (χ0v) is 10.3. The number of ether oxygens (including phenoxy) is 1. The molecule has 1 heterocycles. The summed E-state index contributed by atoms with van der Waals surface area (Å²) < 4.78 is 6.17. The van der Waals surface area contributed by atoms with Crippen LogP contribution in [-0.4, -0.2) is 27.8 Å². The van der Waals surface area contributed by atoms with E-state index in [1.165, 1.54) is 18.0 Å². The topological polar surface area (TPSA) is 87.3 Å². The molecule has 0 amide bonds. The van der Waals surface area contributed by atoms with Crippen LogP contribution < -0.4 is 0 Å². The van der Waals surface area contributed by atoms with Crippen molar-refractivity contribution in [2.24, 2.45) is 5.92 Å². The van der Waals surface area contributed by atoms with Crippen LogP contribution in [0, 0.1) is 16.0 Å². The predicted octanol–water partition coefficient (Wildman–Crippen LogP) is 1.36. The summed E-state index contributed by atoms with van der Waals surface area (Å²) in [6.07, 6.45) is 1.46. The Morgan fingerprint density at radius 1 is 1.81 bits per heavy atom. The van der Waals surface area contributed by atoms with E-state index in [1.807, 2.05) is 0 Å². The summed E-state index contributed by atoms with van der Waals surface area (Å²) in [4.78, 5) is 21.1. The highest BCUT2D eigenvalue weighted by molar-refractivity contribution is 9.10. The smallest absolute Gasteiger partial charge is 0.404 e. The molecule has 0 radical (unpaired) electrons. The molecule has 0 aliphatic heterocycles. The Morgan fingerprint density at radius 2 is 2.44 bits per heavy atom. The molecule has 0 N–H and O–H groups in total. The van der Waals surface area contributed by atoms with Crippen molar-refractivity contribution in [1.82, 2.24) is 9.78 Å². The second-order valence-corrected chi connectivity index (χ2v) is 4.06. The first-order chi connectivity index (χ1) is 7.45. The number of hydrogen-bond acceptors (Lipinski definition) is 5. The van der Waals surface area contributed by atoms with Gasteiger partial charge in [-0.3, -0.25) is 4.79 Å². The van der Waals surface area contributed by atoms with E-state index in [2.05, 4.69) is 25.8 Å². The minimum Gasteiger partial charge on any atom is -0.469 e. The molecule has 0 aliphatic rings. The number of carbonyl (C=O) groups excluding carboxylic acids is 1. The van der Waals surface area contributed by atoms with Crippen molar-refractivity contribution in [1.29, 1.82) is 0 Å². The lowest BCUT2D eigenvalue weighted by molar-refractivity contribution is -0.390. The maximum Gasteiger partial charge on any atom is 0.404 e. The molecule has 16 heavy (non-hydrogen) atoms. The maximum atomic E-state index is 11.1. The Balaban J connectivity index is 2.79. The first-order valence-corrected chi connectivity index (χ1v) is 5.20. The Labute approximate surface area is 99.7 Å². The van der Waals surface area contributed by atoms with Gasteiger partial charge in [-0.15, -0.1) is 0 Å². The van der Waals surface area contributed by atoms with Crippen LogP contribution in [0.1, 0.15) is 6.92 Å². The molecule has 1 rings (SSSR count). The first kappa shape index (κ1) is 12.6. The zero-order chi connectivity index (χ0) is 12.3. The molecule has 0 bridgehead atoms. The average molecular weight is 292 g/mol. The van der Waals surface area contributed by atoms with Gasteiger partial charge in [0.2, 0.25) is 0 Å². The standard InChI is InChI=1S/C8H10BrN3O4/c1-5(8(13)16-2)3-11-4-6(9)7(10-11)12(14)15/h4-5H,3H2,1-2H3. The van der Waals surface area contributed by atoms with Gasteiger partial charge in [0.15, 0.2) is 0 Å². The largest absolute Gasteiger partial charge is 0.469 e. The molecule has 0 aliphatic carbocycles. The molecular weight excluding hydrogens is 282 g/mol. The summed E-state index contributed by atoms with van der Waals surface area (Å²) in [7, 11) is 1.29. The summed E-state index contributed by atoms with van der Waals surface area (Å²) in [6, 6.07) is 0. The number of aromatic nitrogens is 2. The van der Waals surface area contributed by atoms with Crippen molar-refractivity contribution in [3.63, 3.8) is 0 Å². The van der Waals surface area contributed by atoms with Gasteiger partial charge in [0, 0.05) is 0 Å². The third-order valence-corrected chi connectivity index (χ3v) is 2.50. The number of nitro groups is 1. The molecule has 1 aromatic rings. The molecule has 0 spiro atoms. The van der Waals surface area contributed by atoms with E-state index in [4.69, 9.17) is 0 Å². The number of methoxy groups -OCH3 is 1. The third-order valence-electron chi connectivity index (χ3n) is 1.94. The van der Waals surface area contributed by atoms with Crippen molar-refractivity contribution >= 4 is 27.7 Å². The summed E-state index contributed by atoms with van der Waals surface area (Å²) in [5, 5.41) is 14.2. The van der Waals surface area contributed by atoms with Crippen LogP contribution in [0.25, 0.3) is 0 Å². The fraction of sp³-hybridized carbons (Fsp3) is 0.500. The number of hydrogen-bond donors (Lipinski definition) is 0. The molecule has 0 saturated carbocycles. The van der Waals surface area contributed by atoms with Crippen LogP contribution in [0.15, 0.2) is 10.7 Å². The lowest BCUT2D eigenvalue weighted by Gasteiger charge is -2.05. The number of carbonyl (C=O) groups is 1. The van der Waals surface area contributed by atoms with Crippen LogP contribution in [0.3, 0.4) is 0 Å². The Kier molecular flexibility index (Phi) is 3.99. The van der Waals surface area contributed by atoms with E-state index >= 15 is 0 Å². The zero-order valence-electron chi connectivity index (χ0n) is 8.71. The molecule has 0 aromatic carbocycles. The number of nitrogens with zero attached hydrogens (tertiary/aromatic N) is 3. The number of esters is 1. The fourth-order valence-corrected chi connectivity index (χ4v) is 1.62. The van der Waals surface area contributed by atoms with Crippen molar-refractivity contribution in [3.8, 4) is 0 Å². The van der Waals surface area contributed by atoms with Crippen LogP contribution >= 0.6 is 15.9 Å². The predicted molar refractivity (Wildman–Crippen MR) is 57.8 cm³/mol. The molecule has 0 saturated heterocycles. The van der Waals surface area contributed by atoms with Crippen molar-refractivity contribution in [2.75, 3.05) is 7.11 Å². The fourth-order valence-electron chi connectivity index (χ4n) is 1.16. The molecule has 7 nitrogen and oxygen atoms in total. The van der Waals surface area contributed by atoms with Crippen LogP contribution in [-0.2, 0) is 16.1 Å². The van der Waals surface area contributed by atoms with Gasteiger partial charge in [-0.05, 0) is 20.9 Å².